The van der Waals surface area contributed by atoms with Crippen LogP contribution in [0.25, 0.3) is 0 Å². The van der Waals surface area contributed by atoms with Crippen LogP contribution < -0.4 is 4.74 Å². The number of hydrogen-bond acceptors (Lipinski definition) is 8. The molecule has 3 rings (SSSR count). The number of ketones is 4. The summed E-state index contributed by atoms with van der Waals surface area (Å²) in [7, 11) is 1.19. The Hall–Kier alpha value is -2.74. The first-order valence-corrected chi connectivity index (χ1v) is 7.49. The smallest absolute Gasteiger partial charge is 0.265 e. The van der Waals surface area contributed by atoms with Gasteiger partial charge in [-0.3, -0.25) is 19.2 Å². The zero-order valence-corrected chi connectivity index (χ0v) is 14.1. The van der Waals surface area contributed by atoms with Gasteiger partial charge in [-0.05, 0) is 20.8 Å². The van der Waals surface area contributed by atoms with Gasteiger partial charge in [-0.15, -0.1) is 0 Å². The molecule has 0 amide bonds. The minimum atomic E-state index is -1.89. The highest BCUT2D eigenvalue weighted by molar-refractivity contribution is 6.67. The van der Waals surface area contributed by atoms with Crippen molar-refractivity contribution in [3.05, 3.63) is 16.7 Å². The van der Waals surface area contributed by atoms with Crippen molar-refractivity contribution in [2.24, 2.45) is 0 Å². The average molecular weight is 348 g/mol. The summed E-state index contributed by atoms with van der Waals surface area (Å²) in [5.74, 6) is -7.01. The Balaban J connectivity index is 2.47. The largest absolute Gasteiger partial charge is 0.507 e. The molecule has 1 fully saturated rings. The van der Waals surface area contributed by atoms with E-state index in [-0.39, 0.29) is 22.4 Å². The highest BCUT2D eigenvalue weighted by Gasteiger charge is 2.70. The molecule has 2 aliphatic rings. The topological polar surface area (TPSA) is 127 Å². The van der Waals surface area contributed by atoms with Gasteiger partial charge in [0.05, 0.1) is 12.0 Å². The lowest BCUT2D eigenvalue weighted by atomic mass is 9.65. The number of benzene rings is 1. The fraction of sp³-hybridized carbons (Fsp3) is 0.412. The molecule has 0 spiro atoms. The lowest BCUT2D eigenvalue weighted by molar-refractivity contribution is -0.206. The minimum absolute atomic E-state index is 0.0437. The molecule has 2 atom stereocenters. The maximum atomic E-state index is 12.7. The quantitative estimate of drug-likeness (QED) is 0.591. The average Bonchev–Trinajstić information content (AvgIpc) is 2.81. The summed E-state index contributed by atoms with van der Waals surface area (Å²) >= 11 is 0. The van der Waals surface area contributed by atoms with Crippen LogP contribution in [0.2, 0.25) is 0 Å². The van der Waals surface area contributed by atoms with Crippen LogP contribution >= 0.6 is 0 Å². The zero-order valence-electron chi connectivity index (χ0n) is 14.1. The number of rotatable bonds is 2. The van der Waals surface area contributed by atoms with Gasteiger partial charge in [-0.1, -0.05) is 0 Å². The van der Waals surface area contributed by atoms with Gasteiger partial charge < -0.3 is 19.7 Å². The van der Waals surface area contributed by atoms with Gasteiger partial charge in [0.1, 0.15) is 28.2 Å². The highest BCUT2D eigenvalue weighted by atomic mass is 16.7. The SMILES string of the molecule is CO[C@@]12CC(=O)C(=O)C(=O)[C@]1(C)c1c(O)c(C)c(O)c(C(C)=O)c1O2. The maximum Gasteiger partial charge on any atom is 0.265 e. The molecule has 8 heteroatoms. The molecule has 132 valence electrons. The molecule has 0 aromatic heterocycles. The summed E-state index contributed by atoms with van der Waals surface area (Å²) in [5.41, 5.74) is -2.27. The van der Waals surface area contributed by atoms with E-state index in [2.05, 4.69) is 0 Å². The van der Waals surface area contributed by atoms with Gasteiger partial charge in [0.25, 0.3) is 5.78 Å². The van der Waals surface area contributed by atoms with E-state index < -0.39 is 52.3 Å². The van der Waals surface area contributed by atoms with E-state index in [0.29, 0.717) is 0 Å². The predicted octanol–water partition coefficient (Wildman–Crippen LogP) is 0.713. The molecule has 1 aliphatic heterocycles. The summed E-state index contributed by atoms with van der Waals surface area (Å²) < 4.78 is 11.0. The Bertz CT molecular complexity index is 883. The first-order valence-electron chi connectivity index (χ1n) is 7.49. The van der Waals surface area contributed by atoms with Gasteiger partial charge in [0, 0.05) is 12.7 Å². The lowest BCUT2D eigenvalue weighted by Gasteiger charge is -2.41. The highest BCUT2D eigenvalue weighted by Crippen LogP contribution is 2.60. The molecular formula is C17H16O8. The number of hydrogen-bond donors (Lipinski definition) is 2. The van der Waals surface area contributed by atoms with Crippen LogP contribution in [-0.2, 0) is 24.5 Å². The molecule has 0 saturated heterocycles. The third-order valence-electron chi connectivity index (χ3n) is 5.16. The van der Waals surface area contributed by atoms with Crippen LogP contribution in [0.1, 0.15) is 41.8 Å². The van der Waals surface area contributed by atoms with Gasteiger partial charge >= 0.3 is 0 Å². The number of Topliss-reactive ketones (excluding diaryl/α,β-unsaturated/α-hetero) is 4. The summed E-state index contributed by atoms with van der Waals surface area (Å²) in [5, 5.41) is 20.8. The van der Waals surface area contributed by atoms with Gasteiger partial charge in [-0.25, -0.2) is 0 Å². The zero-order chi connectivity index (χ0) is 18.9. The lowest BCUT2D eigenvalue weighted by Crippen LogP contribution is -2.63. The number of methoxy groups -OCH3 is 1. The van der Waals surface area contributed by atoms with Crippen LogP contribution in [0.15, 0.2) is 0 Å². The number of fused-ring (bicyclic) bond motifs is 3. The second-order valence-electron chi connectivity index (χ2n) is 6.40. The van der Waals surface area contributed by atoms with Crippen LogP contribution in [0.3, 0.4) is 0 Å². The minimum Gasteiger partial charge on any atom is -0.507 e. The number of ether oxygens (including phenoxy) is 2. The molecule has 1 aromatic carbocycles. The number of carbonyl (C=O) groups excluding carboxylic acids is 4. The van der Waals surface area contributed by atoms with E-state index >= 15 is 0 Å². The van der Waals surface area contributed by atoms with Crippen LogP contribution in [0, 0.1) is 6.92 Å². The molecule has 2 N–H and O–H groups in total. The molecule has 1 aromatic rings. The summed E-state index contributed by atoms with van der Waals surface area (Å²) in [6, 6.07) is 0. The number of aromatic hydroxyl groups is 2. The first kappa shape index (κ1) is 17.1. The Morgan fingerprint density at radius 1 is 1.20 bits per heavy atom. The molecule has 0 bridgehead atoms. The molecule has 25 heavy (non-hydrogen) atoms. The Kier molecular flexibility index (Phi) is 3.34. The molecule has 8 nitrogen and oxygen atoms in total. The van der Waals surface area contributed by atoms with Crippen molar-refractivity contribution in [1.29, 1.82) is 0 Å². The van der Waals surface area contributed by atoms with E-state index in [9.17, 15) is 29.4 Å². The van der Waals surface area contributed by atoms with Crippen LogP contribution in [0.4, 0.5) is 0 Å². The fourth-order valence-electron chi connectivity index (χ4n) is 3.64. The van der Waals surface area contributed by atoms with E-state index in [1.54, 1.807) is 0 Å². The van der Waals surface area contributed by atoms with Crippen molar-refractivity contribution < 1.29 is 38.9 Å². The summed E-state index contributed by atoms with van der Waals surface area (Å²) in [6.45, 7) is 3.85. The molecule has 0 unspecified atom stereocenters. The van der Waals surface area contributed by atoms with Crippen molar-refractivity contribution in [2.45, 2.75) is 38.4 Å². The molecule has 1 heterocycles. The maximum absolute atomic E-state index is 12.7. The fourth-order valence-corrected chi connectivity index (χ4v) is 3.64. The van der Waals surface area contributed by atoms with E-state index in [1.807, 2.05) is 0 Å². The Morgan fingerprint density at radius 3 is 2.32 bits per heavy atom. The molecular weight excluding hydrogens is 332 g/mol. The Labute approximate surface area is 142 Å². The standard InChI is InChI=1S/C17H16O8/c1-6-11(20)9(7(2)18)14-10(12(6)21)16(3)15(23)13(22)8(19)5-17(16,24-4)25-14/h20-21H,5H2,1-4H3/t16-,17+/m0/s1. The monoisotopic (exact) mass is 348 g/mol. The van der Waals surface area contributed by atoms with Gasteiger partial charge in [0.2, 0.25) is 17.4 Å². The first-order chi connectivity index (χ1) is 11.5. The third kappa shape index (κ3) is 1.74. The van der Waals surface area contributed by atoms with Crippen molar-refractivity contribution >= 4 is 23.1 Å². The molecule has 1 aliphatic carbocycles. The summed E-state index contributed by atoms with van der Waals surface area (Å²) in [4.78, 5) is 48.7. The van der Waals surface area contributed by atoms with Crippen LogP contribution in [-0.4, -0.2) is 46.2 Å². The van der Waals surface area contributed by atoms with Crippen molar-refractivity contribution in [3.63, 3.8) is 0 Å². The van der Waals surface area contributed by atoms with Gasteiger partial charge in [-0.2, -0.15) is 0 Å². The van der Waals surface area contributed by atoms with Crippen LogP contribution in [0.5, 0.6) is 17.2 Å². The van der Waals surface area contributed by atoms with Crippen molar-refractivity contribution in [1.82, 2.24) is 0 Å². The van der Waals surface area contributed by atoms with Gasteiger partial charge in [0.15, 0.2) is 5.78 Å². The number of phenolic OH excluding ortho intramolecular Hbond substituents is 2. The second-order valence-corrected chi connectivity index (χ2v) is 6.40. The van der Waals surface area contributed by atoms with E-state index in [4.69, 9.17) is 9.47 Å². The normalized spacial score (nSPS) is 27.8. The third-order valence-corrected chi connectivity index (χ3v) is 5.16. The Morgan fingerprint density at radius 2 is 1.80 bits per heavy atom. The van der Waals surface area contributed by atoms with Crippen molar-refractivity contribution in [2.75, 3.05) is 7.11 Å². The molecule has 0 radical (unpaired) electrons. The number of phenols is 2. The second kappa shape index (κ2) is 4.89. The summed E-state index contributed by atoms with van der Waals surface area (Å²) in [6.07, 6.45) is -0.560. The number of carbonyl (C=O) groups is 4. The van der Waals surface area contributed by atoms with E-state index in [0.717, 1.165) is 0 Å². The predicted molar refractivity (Wildman–Crippen MR) is 81.9 cm³/mol. The van der Waals surface area contributed by atoms with E-state index in [1.165, 1.54) is 27.9 Å². The molecule has 1 saturated carbocycles. The van der Waals surface area contributed by atoms with Crippen molar-refractivity contribution in [3.8, 4) is 17.2 Å².